The fraction of sp³-hybridized carbons (Fsp3) is 0.143. The number of nitrogens with one attached hydrogen (secondary N) is 1. The summed E-state index contributed by atoms with van der Waals surface area (Å²) in [5.41, 5.74) is 1.71. The van der Waals surface area contributed by atoms with Gasteiger partial charge in [0.2, 0.25) is 11.9 Å². The van der Waals surface area contributed by atoms with Gasteiger partial charge in [0.25, 0.3) is 10.1 Å². The zero-order valence-electron chi connectivity index (χ0n) is 38.5. The fourth-order valence-electron chi connectivity index (χ4n) is 7.83. The lowest BCUT2D eigenvalue weighted by atomic mass is 10.0. The molecule has 2 aromatic heterocycles. The van der Waals surface area contributed by atoms with E-state index in [1.807, 2.05) is 43.3 Å². The molecule has 9 aromatic rings. The number of phenols is 2. The van der Waals surface area contributed by atoms with Crippen LogP contribution < -0.4 is 10.2 Å². The molecular formula is C49H41FN12O8S2. The lowest BCUT2D eigenvalue weighted by Gasteiger charge is -2.22. The second kappa shape index (κ2) is 21.0. The summed E-state index contributed by atoms with van der Waals surface area (Å²) in [5, 5.41) is 59.6. The predicted octanol–water partition coefficient (Wildman–Crippen LogP) is 11.5. The molecule has 9 rings (SSSR count). The Hall–Kier alpha value is -8.19. The van der Waals surface area contributed by atoms with Gasteiger partial charge < -0.3 is 20.4 Å². The highest BCUT2D eigenvalue weighted by Gasteiger charge is 2.25. The van der Waals surface area contributed by atoms with Gasteiger partial charge in [-0.3, -0.25) is 4.18 Å². The van der Waals surface area contributed by atoms with Crippen molar-refractivity contribution in [1.29, 1.82) is 0 Å². The van der Waals surface area contributed by atoms with Gasteiger partial charge in [-0.05, 0) is 76.5 Å². The molecule has 72 heavy (non-hydrogen) atoms. The largest absolute Gasteiger partial charge is 0.505 e. The topological polar surface area (TPSA) is 265 Å². The third-order valence-corrected chi connectivity index (χ3v) is 13.1. The SMILES string of the molecule is COS(=O)(=O)c1cc2cc(Cc3nc(F)nc(C(C)CN(C)c4nc(C)nc(Nc5cccc6cc(SOOO)c(N=Nc7ccc8ccccc8c7)c(O)c56)n4)n3)ccc2c(O)c1N=Nc1ccccc1. The van der Waals surface area contributed by atoms with Crippen LogP contribution in [-0.2, 0) is 30.1 Å². The second-order valence-electron chi connectivity index (χ2n) is 16.2. The van der Waals surface area contributed by atoms with Gasteiger partial charge in [-0.2, -0.15) is 48.0 Å². The van der Waals surface area contributed by atoms with Gasteiger partial charge in [-0.1, -0.05) is 90.8 Å². The fourth-order valence-corrected chi connectivity index (χ4v) is 9.15. The quantitative estimate of drug-likeness (QED) is 0.0217. The van der Waals surface area contributed by atoms with E-state index in [1.54, 1.807) is 97.7 Å². The first-order valence-electron chi connectivity index (χ1n) is 21.8. The summed E-state index contributed by atoms with van der Waals surface area (Å²) in [6.07, 6.45) is -0.970. The molecule has 0 bridgehead atoms. The molecule has 20 nitrogen and oxygen atoms in total. The first-order valence-corrected chi connectivity index (χ1v) is 23.9. The van der Waals surface area contributed by atoms with Crippen molar-refractivity contribution in [3.63, 3.8) is 0 Å². The number of azo groups is 2. The lowest BCUT2D eigenvalue weighted by molar-refractivity contribution is -0.432. The summed E-state index contributed by atoms with van der Waals surface area (Å²) in [6.45, 7) is 3.73. The molecule has 0 aliphatic rings. The van der Waals surface area contributed by atoms with E-state index in [0.717, 1.165) is 17.9 Å². The highest BCUT2D eigenvalue weighted by molar-refractivity contribution is 7.94. The molecule has 0 saturated carbocycles. The number of rotatable bonds is 17. The Bertz CT molecular complexity index is 3690. The number of hydrogen-bond donors (Lipinski definition) is 4. The Labute approximate surface area is 414 Å². The van der Waals surface area contributed by atoms with Crippen molar-refractivity contribution >= 4 is 94.8 Å². The molecule has 0 spiro atoms. The van der Waals surface area contributed by atoms with Crippen molar-refractivity contribution in [3.8, 4) is 11.5 Å². The summed E-state index contributed by atoms with van der Waals surface area (Å²) >= 11 is 0.628. The molecule has 2 heterocycles. The van der Waals surface area contributed by atoms with Crippen molar-refractivity contribution in [2.45, 2.75) is 36.0 Å². The van der Waals surface area contributed by atoms with Crippen LogP contribution in [0.5, 0.6) is 11.5 Å². The Balaban J connectivity index is 0.946. The number of anilines is 3. The molecule has 4 N–H and O–H groups in total. The molecule has 0 aliphatic heterocycles. The van der Waals surface area contributed by atoms with E-state index >= 15 is 4.39 Å². The molecule has 1 atom stereocenters. The van der Waals surface area contributed by atoms with E-state index in [9.17, 15) is 18.6 Å². The van der Waals surface area contributed by atoms with Crippen LogP contribution in [0.15, 0.2) is 152 Å². The number of benzene rings is 7. The molecular weight excluding hydrogens is 968 g/mol. The maximum atomic E-state index is 15.1. The first-order chi connectivity index (χ1) is 34.8. The van der Waals surface area contributed by atoms with Crippen molar-refractivity contribution in [2.24, 2.45) is 20.5 Å². The maximum absolute atomic E-state index is 15.1. The first kappa shape index (κ1) is 48.8. The number of phenolic OH excluding ortho intramolecular Hbond substituents is 2. The number of aromatic nitrogens is 6. The summed E-state index contributed by atoms with van der Waals surface area (Å²) in [7, 11) is -1.61. The average Bonchev–Trinajstić information content (AvgIpc) is 3.37. The van der Waals surface area contributed by atoms with E-state index in [2.05, 4.69) is 60.7 Å². The number of nitrogens with zero attached hydrogens (tertiary/aromatic N) is 11. The van der Waals surface area contributed by atoms with Gasteiger partial charge in [-0.25, -0.2) is 10.2 Å². The minimum absolute atomic E-state index is 0.0265. The third kappa shape index (κ3) is 10.8. The Morgan fingerprint density at radius 1 is 0.750 bits per heavy atom. The number of likely N-dealkylation sites (N-methyl/N-ethyl adjacent to an activating group) is 1. The van der Waals surface area contributed by atoms with Crippen LogP contribution in [0.2, 0.25) is 0 Å². The maximum Gasteiger partial charge on any atom is 0.312 e. The van der Waals surface area contributed by atoms with Crippen LogP contribution in [0.3, 0.4) is 0 Å². The number of halogens is 1. The molecule has 23 heteroatoms. The van der Waals surface area contributed by atoms with E-state index in [0.29, 0.717) is 61.5 Å². The van der Waals surface area contributed by atoms with Crippen LogP contribution >= 0.6 is 12.0 Å². The minimum Gasteiger partial charge on any atom is -0.505 e. The predicted molar refractivity (Wildman–Crippen MR) is 267 cm³/mol. The molecule has 0 amide bonds. The smallest absolute Gasteiger partial charge is 0.312 e. The van der Waals surface area contributed by atoms with E-state index in [1.165, 1.54) is 6.07 Å². The van der Waals surface area contributed by atoms with E-state index in [4.69, 9.17) is 13.8 Å². The van der Waals surface area contributed by atoms with E-state index in [-0.39, 0.29) is 59.0 Å². The molecule has 0 aliphatic carbocycles. The Morgan fingerprint density at radius 3 is 2.29 bits per heavy atom. The number of hydrogen-bond acceptors (Lipinski definition) is 21. The molecule has 0 radical (unpaired) electrons. The third-order valence-electron chi connectivity index (χ3n) is 11.2. The van der Waals surface area contributed by atoms with Crippen molar-refractivity contribution < 1.29 is 41.8 Å². The minimum atomic E-state index is -4.36. The Kier molecular flexibility index (Phi) is 14.3. The zero-order chi connectivity index (χ0) is 50.5. The van der Waals surface area contributed by atoms with E-state index < -0.39 is 32.8 Å². The summed E-state index contributed by atoms with van der Waals surface area (Å²) in [4.78, 5) is 27.9. The lowest BCUT2D eigenvalue weighted by Crippen LogP contribution is -2.27. The standard InChI is InChI=1S/C49H41FN12O8S2/c1-27(46-54-40(55-47(50)56-46)22-29-17-20-36-33(21-29)25-39(72(66,67)68-4)43(44(36)63)61-58-34-14-6-5-7-15-34)26-62(3)49-52-28(2)51-48(57-49)53-37-16-10-13-32-24-38(71-70-69-65)42(45(64)41(32)37)60-59-35-19-18-30-11-8-9-12-31(30)23-35/h5-21,23-25,27,63-65H,22,26H2,1-4H3,(H,51,52,53,57). The molecule has 7 aromatic carbocycles. The summed E-state index contributed by atoms with van der Waals surface area (Å²) in [6, 6.07) is 35.1. The van der Waals surface area contributed by atoms with Gasteiger partial charge >= 0.3 is 6.08 Å². The van der Waals surface area contributed by atoms with Gasteiger partial charge in [0.05, 0.1) is 41.1 Å². The van der Waals surface area contributed by atoms with Crippen molar-refractivity contribution in [2.75, 3.05) is 30.9 Å². The number of aromatic hydroxyl groups is 2. The monoisotopic (exact) mass is 1010 g/mol. The number of fused-ring (bicyclic) bond motifs is 3. The van der Waals surface area contributed by atoms with Gasteiger partial charge in [-0.15, -0.1) is 14.6 Å². The molecule has 0 saturated heterocycles. The summed E-state index contributed by atoms with van der Waals surface area (Å²) < 4.78 is 50.8. The van der Waals surface area contributed by atoms with Crippen molar-refractivity contribution in [1.82, 2.24) is 29.9 Å². The highest BCUT2D eigenvalue weighted by Crippen LogP contribution is 2.47. The van der Waals surface area contributed by atoms with Gasteiger partial charge in [0, 0.05) is 36.7 Å². The van der Waals surface area contributed by atoms with Crippen LogP contribution in [0, 0.1) is 13.0 Å². The van der Waals surface area contributed by atoms with Gasteiger partial charge in [0.1, 0.15) is 33.7 Å². The second-order valence-corrected chi connectivity index (χ2v) is 18.6. The average molecular weight is 1010 g/mol. The van der Waals surface area contributed by atoms with Crippen LogP contribution in [0.25, 0.3) is 32.3 Å². The summed E-state index contributed by atoms with van der Waals surface area (Å²) in [5.74, 6) is -0.124. The Morgan fingerprint density at radius 2 is 1.50 bits per heavy atom. The van der Waals surface area contributed by atoms with Crippen LogP contribution in [0.1, 0.15) is 35.9 Å². The number of aryl methyl sites for hydroxylation is 1. The van der Waals surface area contributed by atoms with Crippen LogP contribution in [0.4, 0.5) is 44.7 Å². The van der Waals surface area contributed by atoms with Gasteiger partial charge in [0.15, 0.2) is 11.5 Å². The molecule has 1 unspecified atom stereocenters. The molecule has 364 valence electrons. The zero-order valence-corrected chi connectivity index (χ0v) is 40.2. The normalized spacial score (nSPS) is 12.4. The molecule has 0 fully saturated rings. The highest BCUT2D eigenvalue weighted by atomic mass is 32.2. The van der Waals surface area contributed by atoms with Crippen LogP contribution in [-0.4, -0.2) is 74.5 Å². The van der Waals surface area contributed by atoms with Crippen molar-refractivity contribution in [3.05, 3.63) is 150 Å².